The van der Waals surface area contributed by atoms with Gasteiger partial charge in [-0.05, 0) is 35.4 Å². The molecule has 0 bridgehead atoms. The van der Waals surface area contributed by atoms with Crippen molar-refractivity contribution in [2.45, 2.75) is 37.8 Å². The van der Waals surface area contributed by atoms with Crippen molar-refractivity contribution >= 4 is 28.4 Å². The number of anilines is 1. The van der Waals surface area contributed by atoms with Gasteiger partial charge in [-0.15, -0.1) is 0 Å². The van der Waals surface area contributed by atoms with Crippen LogP contribution in [0.4, 0.5) is 5.82 Å². The van der Waals surface area contributed by atoms with Crippen LogP contribution in [-0.2, 0) is 4.74 Å². The highest BCUT2D eigenvalue weighted by Gasteiger charge is 2.35. The maximum atomic E-state index is 5.89. The Bertz CT molecular complexity index is 399. The fraction of sp³-hybridized carbons (Fsp3) is 0.667. The topological polar surface area (TPSA) is 38.2 Å². The van der Waals surface area contributed by atoms with Crippen molar-refractivity contribution in [2.75, 3.05) is 18.1 Å². The van der Waals surface area contributed by atoms with E-state index in [9.17, 15) is 0 Å². The third kappa shape index (κ3) is 2.27. The van der Waals surface area contributed by atoms with Crippen molar-refractivity contribution in [1.29, 1.82) is 0 Å². The first-order chi connectivity index (χ1) is 8.36. The van der Waals surface area contributed by atoms with Crippen LogP contribution in [0.3, 0.4) is 0 Å². The zero-order chi connectivity index (χ0) is 11.7. The van der Waals surface area contributed by atoms with Gasteiger partial charge in [0.1, 0.15) is 12.1 Å². The molecule has 5 heteroatoms. The lowest BCUT2D eigenvalue weighted by molar-refractivity contribution is -0.00906. The molecule has 0 radical (unpaired) electrons. The van der Waals surface area contributed by atoms with Gasteiger partial charge in [-0.25, -0.2) is 9.97 Å². The van der Waals surface area contributed by atoms with Gasteiger partial charge >= 0.3 is 0 Å². The van der Waals surface area contributed by atoms with Crippen LogP contribution in [0, 0.1) is 3.57 Å². The summed E-state index contributed by atoms with van der Waals surface area (Å²) < 4.78 is 7.02. The average Bonchev–Trinajstić information content (AvgIpc) is 2.39. The van der Waals surface area contributed by atoms with E-state index in [0.29, 0.717) is 12.1 Å². The minimum atomic E-state index is 0.406. The van der Waals surface area contributed by atoms with Crippen LogP contribution in [-0.4, -0.2) is 35.3 Å². The normalized spacial score (nSPS) is 28.9. The molecule has 1 aromatic heterocycles. The van der Waals surface area contributed by atoms with E-state index in [1.165, 1.54) is 25.7 Å². The molecule has 0 N–H and O–H groups in total. The van der Waals surface area contributed by atoms with Crippen molar-refractivity contribution in [3.63, 3.8) is 0 Å². The number of nitrogens with zero attached hydrogens (tertiary/aromatic N) is 3. The summed E-state index contributed by atoms with van der Waals surface area (Å²) in [7, 11) is 0. The van der Waals surface area contributed by atoms with Gasteiger partial charge in [0.25, 0.3) is 0 Å². The number of rotatable bonds is 1. The Balaban J connectivity index is 1.88. The highest BCUT2D eigenvalue weighted by Crippen LogP contribution is 2.32. The van der Waals surface area contributed by atoms with Crippen molar-refractivity contribution < 1.29 is 4.74 Å². The van der Waals surface area contributed by atoms with Crippen molar-refractivity contribution in [2.24, 2.45) is 0 Å². The molecule has 1 aliphatic heterocycles. The molecule has 1 aromatic rings. The van der Waals surface area contributed by atoms with Crippen LogP contribution in [0.15, 0.2) is 12.5 Å². The molecule has 2 heterocycles. The van der Waals surface area contributed by atoms with Crippen LogP contribution in [0.1, 0.15) is 25.7 Å². The second kappa shape index (κ2) is 5.06. The highest BCUT2D eigenvalue weighted by atomic mass is 127. The molecule has 3 rings (SSSR count). The Hall–Kier alpha value is -0.430. The van der Waals surface area contributed by atoms with Gasteiger partial charge in [0.15, 0.2) is 0 Å². The Morgan fingerprint density at radius 1 is 1.35 bits per heavy atom. The largest absolute Gasteiger partial charge is 0.374 e. The number of morpholine rings is 1. The number of fused-ring (bicyclic) bond motifs is 1. The molecule has 92 valence electrons. The summed E-state index contributed by atoms with van der Waals surface area (Å²) in [5.41, 5.74) is 0. The highest BCUT2D eigenvalue weighted by molar-refractivity contribution is 14.1. The lowest BCUT2D eigenvalue weighted by atomic mass is 9.90. The predicted octanol–water partition coefficient (Wildman–Crippen LogP) is 2.23. The van der Waals surface area contributed by atoms with E-state index in [1.54, 1.807) is 6.33 Å². The zero-order valence-corrected chi connectivity index (χ0v) is 11.8. The van der Waals surface area contributed by atoms with E-state index >= 15 is 0 Å². The summed E-state index contributed by atoms with van der Waals surface area (Å²) in [5.74, 6) is 1.08. The SMILES string of the molecule is Ic1cncnc1N1CCOC2CCCCC21. The third-order valence-electron chi connectivity index (χ3n) is 3.65. The Kier molecular flexibility index (Phi) is 3.46. The Morgan fingerprint density at radius 2 is 2.24 bits per heavy atom. The van der Waals surface area contributed by atoms with Crippen molar-refractivity contribution in [3.8, 4) is 0 Å². The minimum absolute atomic E-state index is 0.406. The quantitative estimate of drug-likeness (QED) is 0.732. The van der Waals surface area contributed by atoms with E-state index in [0.717, 1.165) is 22.5 Å². The molecule has 2 unspecified atom stereocenters. The van der Waals surface area contributed by atoms with E-state index in [4.69, 9.17) is 4.74 Å². The molecule has 17 heavy (non-hydrogen) atoms. The molecular weight excluding hydrogens is 329 g/mol. The molecular formula is C12H16IN3O. The monoisotopic (exact) mass is 345 g/mol. The molecule has 2 aliphatic rings. The summed E-state index contributed by atoms with van der Waals surface area (Å²) in [6.45, 7) is 1.77. The fourth-order valence-corrected chi connectivity index (χ4v) is 3.49. The summed E-state index contributed by atoms with van der Waals surface area (Å²) in [4.78, 5) is 10.9. The molecule has 4 nitrogen and oxygen atoms in total. The predicted molar refractivity (Wildman–Crippen MR) is 74.1 cm³/mol. The molecule has 1 saturated heterocycles. The maximum absolute atomic E-state index is 5.89. The van der Waals surface area contributed by atoms with Crippen LogP contribution in [0.25, 0.3) is 0 Å². The fourth-order valence-electron chi connectivity index (χ4n) is 2.88. The van der Waals surface area contributed by atoms with Gasteiger partial charge < -0.3 is 9.64 Å². The lowest BCUT2D eigenvalue weighted by Gasteiger charge is -2.44. The number of ether oxygens (including phenoxy) is 1. The number of aromatic nitrogens is 2. The van der Waals surface area contributed by atoms with Crippen molar-refractivity contribution in [1.82, 2.24) is 9.97 Å². The summed E-state index contributed by atoms with van der Waals surface area (Å²) in [6, 6.07) is 0.515. The van der Waals surface area contributed by atoms with Crippen LogP contribution < -0.4 is 4.90 Å². The molecule has 1 saturated carbocycles. The Labute approximate surface area is 115 Å². The van der Waals surface area contributed by atoms with Crippen LogP contribution >= 0.6 is 22.6 Å². The first-order valence-corrected chi connectivity index (χ1v) is 7.28. The first-order valence-electron chi connectivity index (χ1n) is 6.20. The third-order valence-corrected chi connectivity index (χ3v) is 4.41. The van der Waals surface area contributed by atoms with E-state index < -0.39 is 0 Å². The lowest BCUT2D eigenvalue weighted by Crippen LogP contribution is -2.53. The standard InChI is InChI=1S/C12H16IN3O/c13-9-7-14-8-15-12(9)16-5-6-17-11-4-2-1-3-10(11)16/h7-8,10-11H,1-6H2. The van der Waals surface area contributed by atoms with Gasteiger partial charge in [0.05, 0.1) is 22.3 Å². The molecule has 0 spiro atoms. The second-order valence-corrected chi connectivity index (χ2v) is 5.81. The van der Waals surface area contributed by atoms with Gasteiger partial charge in [0, 0.05) is 12.7 Å². The van der Waals surface area contributed by atoms with Gasteiger partial charge in [-0.1, -0.05) is 12.8 Å². The maximum Gasteiger partial charge on any atom is 0.145 e. The Morgan fingerprint density at radius 3 is 3.12 bits per heavy atom. The first kappa shape index (κ1) is 11.6. The molecule has 2 atom stereocenters. The summed E-state index contributed by atoms with van der Waals surface area (Å²) in [5, 5.41) is 0. The number of hydrogen-bond acceptors (Lipinski definition) is 4. The minimum Gasteiger partial charge on any atom is -0.374 e. The molecule has 0 amide bonds. The number of halogens is 1. The van der Waals surface area contributed by atoms with Crippen LogP contribution in [0.5, 0.6) is 0 Å². The zero-order valence-electron chi connectivity index (χ0n) is 9.68. The van der Waals surface area contributed by atoms with E-state index in [-0.39, 0.29) is 0 Å². The van der Waals surface area contributed by atoms with Gasteiger partial charge in [0.2, 0.25) is 0 Å². The van der Waals surface area contributed by atoms with E-state index in [1.807, 2.05) is 6.20 Å². The van der Waals surface area contributed by atoms with Crippen LogP contribution in [0.2, 0.25) is 0 Å². The van der Waals surface area contributed by atoms with Gasteiger partial charge in [-0.2, -0.15) is 0 Å². The second-order valence-electron chi connectivity index (χ2n) is 4.65. The summed E-state index contributed by atoms with van der Waals surface area (Å²) >= 11 is 2.32. The smallest absolute Gasteiger partial charge is 0.145 e. The average molecular weight is 345 g/mol. The molecule has 1 aliphatic carbocycles. The van der Waals surface area contributed by atoms with Crippen molar-refractivity contribution in [3.05, 3.63) is 16.1 Å². The summed E-state index contributed by atoms with van der Waals surface area (Å²) in [6.07, 6.45) is 8.97. The molecule has 0 aromatic carbocycles. The van der Waals surface area contributed by atoms with Gasteiger partial charge in [-0.3, -0.25) is 0 Å². The number of hydrogen-bond donors (Lipinski definition) is 0. The molecule has 2 fully saturated rings. The van der Waals surface area contributed by atoms with E-state index in [2.05, 4.69) is 37.5 Å².